The SMILES string of the molecule is CCNCc1ccccc1-n1ccc(C(N)=O)n1. The van der Waals surface area contributed by atoms with Gasteiger partial charge in [-0.05, 0) is 24.2 Å². The summed E-state index contributed by atoms with van der Waals surface area (Å²) in [6.45, 7) is 3.72. The van der Waals surface area contributed by atoms with Gasteiger partial charge < -0.3 is 11.1 Å². The molecule has 1 amide bonds. The number of nitrogens with one attached hydrogen (secondary N) is 1. The normalized spacial score (nSPS) is 10.5. The van der Waals surface area contributed by atoms with Crippen LogP contribution in [0, 0.1) is 0 Å². The molecule has 0 atom stereocenters. The lowest BCUT2D eigenvalue weighted by atomic mass is 10.2. The molecule has 2 rings (SSSR count). The van der Waals surface area contributed by atoms with E-state index in [1.807, 2.05) is 24.3 Å². The highest BCUT2D eigenvalue weighted by Crippen LogP contribution is 2.13. The molecule has 1 heterocycles. The van der Waals surface area contributed by atoms with Gasteiger partial charge in [-0.15, -0.1) is 0 Å². The number of amides is 1. The molecule has 0 bridgehead atoms. The zero-order valence-electron chi connectivity index (χ0n) is 10.3. The molecule has 2 aromatic rings. The minimum atomic E-state index is -0.516. The van der Waals surface area contributed by atoms with Gasteiger partial charge in [0.05, 0.1) is 5.69 Å². The van der Waals surface area contributed by atoms with Crippen LogP contribution in [0.2, 0.25) is 0 Å². The van der Waals surface area contributed by atoms with E-state index in [9.17, 15) is 4.79 Å². The Morgan fingerprint density at radius 2 is 2.17 bits per heavy atom. The van der Waals surface area contributed by atoms with Crippen LogP contribution in [0.5, 0.6) is 0 Å². The van der Waals surface area contributed by atoms with Crippen molar-refractivity contribution in [2.24, 2.45) is 5.73 Å². The summed E-state index contributed by atoms with van der Waals surface area (Å²) in [4.78, 5) is 11.0. The van der Waals surface area contributed by atoms with Crippen molar-refractivity contribution in [3.8, 4) is 5.69 Å². The van der Waals surface area contributed by atoms with Gasteiger partial charge in [0.25, 0.3) is 5.91 Å². The quantitative estimate of drug-likeness (QED) is 0.826. The molecular formula is C13H16N4O. The van der Waals surface area contributed by atoms with Crippen molar-refractivity contribution >= 4 is 5.91 Å². The number of hydrogen-bond acceptors (Lipinski definition) is 3. The van der Waals surface area contributed by atoms with Gasteiger partial charge in [0.2, 0.25) is 0 Å². The second-order valence-electron chi connectivity index (χ2n) is 3.92. The van der Waals surface area contributed by atoms with Gasteiger partial charge in [-0.25, -0.2) is 4.68 Å². The highest BCUT2D eigenvalue weighted by molar-refractivity contribution is 5.90. The van der Waals surface area contributed by atoms with Gasteiger partial charge in [0.1, 0.15) is 5.69 Å². The number of carbonyl (C=O) groups excluding carboxylic acids is 1. The van der Waals surface area contributed by atoms with Crippen LogP contribution in [-0.2, 0) is 6.54 Å². The molecule has 0 aliphatic rings. The molecule has 0 aliphatic heterocycles. The first-order valence-electron chi connectivity index (χ1n) is 5.87. The van der Waals surface area contributed by atoms with Crippen molar-refractivity contribution < 1.29 is 4.79 Å². The van der Waals surface area contributed by atoms with Gasteiger partial charge in [-0.2, -0.15) is 5.10 Å². The average Bonchev–Trinajstić information content (AvgIpc) is 2.86. The fourth-order valence-electron chi connectivity index (χ4n) is 1.73. The van der Waals surface area contributed by atoms with Crippen molar-refractivity contribution in [1.29, 1.82) is 0 Å². The average molecular weight is 244 g/mol. The largest absolute Gasteiger partial charge is 0.364 e. The maximum atomic E-state index is 11.0. The van der Waals surface area contributed by atoms with E-state index in [4.69, 9.17) is 5.73 Å². The van der Waals surface area contributed by atoms with E-state index in [1.54, 1.807) is 16.9 Å². The predicted octanol–water partition coefficient (Wildman–Crippen LogP) is 1.08. The molecule has 0 spiro atoms. The van der Waals surface area contributed by atoms with Crippen molar-refractivity contribution in [3.63, 3.8) is 0 Å². The molecule has 0 saturated carbocycles. The first kappa shape index (κ1) is 12.3. The zero-order chi connectivity index (χ0) is 13.0. The van der Waals surface area contributed by atoms with Crippen molar-refractivity contribution in [2.45, 2.75) is 13.5 Å². The fraction of sp³-hybridized carbons (Fsp3) is 0.231. The molecule has 0 radical (unpaired) electrons. The number of hydrogen-bond donors (Lipinski definition) is 2. The minimum absolute atomic E-state index is 0.272. The summed E-state index contributed by atoms with van der Waals surface area (Å²) in [6.07, 6.45) is 1.74. The highest BCUT2D eigenvalue weighted by Gasteiger charge is 2.08. The van der Waals surface area contributed by atoms with E-state index in [1.165, 1.54) is 0 Å². The van der Waals surface area contributed by atoms with E-state index in [2.05, 4.69) is 17.3 Å². The number of aromatic nitrogens is 2. The summed E-state index contributed by atoms with van der Waals surface area (Å²) in [5.41, 5.74) is 7.54. The summed E-state index contributed by atoms with van der Waals surface area (Å²) in [5, 5.41) is 7.43. The van der Waals surface area contributed by atoms with Crippen LogP contribution in [0.3, 0.4) is 0 Å². The molecule has 0 fully saturated rings. The van der Waals surface area contributed by atoms with Gasteiger partial charge in [0, 0.05) is 12.7 Å². The summed E-state index contributed by atoms with van der Waals surface area (Å²) in [6, 6.07) is 9.53. The van der Waals surface area contributed by atoms with Crippen LogP contribution in [0.15, 0.2) is 36.5 Å². The van der Waals surface area contributed by atoms with Crippen LogP contribution >= 0.6 is 0 Å². The Bertz CT molecular complexity index is 547. The third kappa shape index (κ3) is 2.57. The van der Waals surface area contributed by atoms with Crippen LogP contribution in [0.25, 0.3) is 5.69 Å². The molecule has 0 unspecified atom stereocenters. The Labute approximate surface area is 106 Å². The van der Waals surface area contributed by atoms with E-state index in [0.717, 1.165) is 24.3 Å². The minimum Gasteiger partial charge on any atom is -0.364 e. The fourth-order valence-corrected chi connectivity index (χ4v) is 1.73. The highest BCUT2D eigenvalue weighted by atomic mass is 16.1. The summed E-state index contributed by atoms with van der Waals surface area (Å²) in [5.74, 6) is -0.516. The Morgan fingerprint density at radius 3 is 2.83 bits per heavy atom. The maximum Gasteiger partial charge on any atom is 0.269 e. The Balaban J connectivity index is 2.33. The maximum absolute atomic E-state index is 11.0. The Hall–Kier alpha value is -2.14. The topological polar surface area (TPSA) is 72.9 Å². The van der Waals surface area contributed by atoms with E-state index < -0.39 is 5.91 Å². The van der Waals surface area contributed by atoms with E-state index in [0.29, 0.717) is 0 Å². The lowest BCUT2D eigenvalue weighted by Crippen LogP contribution is -2.15. The lowest BCUT2D eigenvalue weighted by Gasteiger charge is -2.09. The first-order chi connectivity index (χ1) is 8.72. The second kappa shape index (κ2) is 5.46. The molecule has 0 saturated heterocycles. The van der Waals surface area contributed by atoms with Crippen LogP contribution in [0.1, 0.15) is 23.0 Å². The van der Waals surface area contributed by atoms with Gasteiger partial charge in [-0.1, -0.05) is 25.1 Å². The number of benzene rings is 1. The first-order valence-corrected chi connectivity index (χ1v) is 5.87. The van der Waals surface area contributed by atoms with Crippen LogP contribution < -0.4 is 11.1 Å². The molecule has 5 nitrogen and oxygen atoms in total. The van der Waals surface area contributed by atoms with Gasteiger partial charge in [0.15, 0.2) is 0 Å². The standard InChI is InChI=1S/C13H16N4O/c1-2-15-9-10-5-3-4-6-12(10)17-8-7-11(16-17)13(14)18/h3-8,15H,2,9H2,1H3,(H2,14,18). The number of primary amides is 1. The van der Waals surface area contributed by atoms with Gasteiger partial charge in [-0.3, -0.25) is 4.79 Å². The molecule has 3 N–H and O–H groups in total. The smallest absolute Gasteiger partial charge is 0.269 e. The molecule has 5 heteroatoms. The number of nitrogens with two attached hydrogens (primary N) is 1. The molecular weight excluding hydrogens is 228 g/mol. The third-order valence-corrected chi connectivity index (χ3v) is 2.65. The van der Waals surface area contributed by atoms with Crippen molar-refractivity contribution in [2.75, 3.05) is 6.54 Å². The number of para-hydroxylation sites is 1. The summed E-state index contributed by atoms with van der Waals surface area (Å²) in [7, 11) is 0. The Morgan fingerprint density at radius 1 is 1.39 bits per heavy atom. The Kier molecular flexibility index (Phi) is 3.74. The van der Waals surface area contributed by atoms with Crippen molar-refractivity contribution in [3.05, 3.63) is 47.8 Å². The van der Waals surface area contributed by atoms with E-state index >= 15 is 0 Å². The monoisotopic (exact) mass is 244 g/mol. The van der Waals surface area contributed by atoms with E-state index in [-0.39, 0.29) is 5.69 Å². The van der Waals surface area contributed by atoms with Gasteiger partial charge >= 0.3 is 0 Å². The molecule has 0 aliphatic carbocycles. The molecule has 18 heavy (non-hydrogen) atoms. The van der Waals surface area contributed by atoms with Crippen LogP contribution in [-0.4, -0.2) is 22.2 Å². The second-order valence-corrected chi connectivity index (χ2v) is 3.92. The molecule has 94 valence electrons. The molecule has 1 aromatic carbocycles. The zero-order valence-corrected chi connectivity index (χ0v) is 10.3. The van der Waals surface area contributed by atoms with Crippen LogP contribution in [0.4, 0.5) is 0 Å². The number of rotatable bonds is 5. The number of nitrogens with zero attached hydrogens (tertiary/aromatic N) is 2. The number of carbonyl (C=O) groups is 1. The molecule has 1 aromatic heterocycles. The lowest BCUT2D eigenvalue weighted by molar-refractivity contribution is 0.0995. The van der Waals surface area contributed by atoms with Crippen molar-refractivity contribution in [1.82, 2.24) is 15.1 Å². The third-order valence-electron chi connectivity index (χ3n) is 2.65. The summed E-state index contributed by atoms with van der Waals surface area (Å²) < 4.78 is 1.67. The predicted molar refractivity (Wildman–Crippen MR) is 69.5 cm³/mol. The summed E-state index contributed by atoms with van der Waals surface area (Å²) >= 11 is 0.